The highest BCUT2D eigenvalue weighted by Gasteiger charge is 2.07. The molecule has 0 heterocycles. The van der Waals surface area contributed by atoms with Crippen molar-refractivity contribution in [3.63, 3.8) is 0 Å². The van der Waals surface area contributed by atoms with E-state index in [9.17, 15) is 4.79 Å². The molecule has 156 valence electrons. The van der Waals surface area contributed by atoms with Crippen molar-refractivity contribution in [3.05, 3.63) is 53.1 Å². The largest absolute Gasteiger partial charge is 0.495 e. The standard InChI is InChI=1S/C23H28ClNO4/c1-4-5-6-7-14-29-21-11-8-17(15-22(21)28-3)9-13-23(26)25-19-16-18(24)10-12-20(19)27-2/h8-13,15-16H,4-7,14H2,1-3H3,(H,25,26)/b13-9+. The zero-order chi connectivity index (χ0) is 21.1. The van der Waals surface area contributed by atoms with Gasteiger partial charge in [-0.1, -0.05) is 43.9 Å². The Labute approximate surface area is 177 Å². The Morgan fingerprint density at radius 3 is 2.48 bits per heavy atom. The summed E-state index contributed by atoms with van der Waals surface area (Å²) >= 11 is 5.99. The molecule has 0 aliphatic heterocycles. The van der Waals surface area contributed by atoms with Gasteiger partial charge in [-0.3, -0.25) is 4.79 Å². The monoisotopic (exact) mass is 417 g/mol. The number of rotatable bonds is 11. The maximum atomic E-state index is 12.3. The molecule has 0 fully saturated rings. The second-order valence-electron chi connectivity index (χ2n) is 6.49. The number of benzene rings is 2. The summed E-state index contributed by atoms with van der Waals surface area (Å²) in [5.41, 5.74) is 1.34. The summed E-state index contributed by atoms with van der Waals surface area (Å²) in [7, 11) is 3.14. The van der Waals surface area contributed by atoms with E-state index in [0.29, 0.717) is 34.6 Å². The summed E-state index contributed by atoms with van der Waals surface area (Å²) < 4.78 is 16.5. The van der Waals surface area contributed by atoms with E-state index in [-0.39, 0.29) is 5.91 Å². The first-order chi connectivity index (χ1) is 14.1. The van der Waals surface area contributed by atoms with Crippen molar-refractivity contribution in [1.82, 2.24) is 0 Å². The molecule has 0 aliphatic carbocycles. The smallest absolute Gasteiger partial charge is 0.248 e. The van der Waals surface area contributed by atoms with Crippen LogP contribution in [0.4, 0.5) is 5.69 Å². The molecule has 0 spiro atoms. The van der Waals surface area contributed by atoms with Crippen molar-refractivity contribution >= 4 is 29.3 Å². The maximum absolute atomic E-state index is 12.3. The van der Waals surface area contributed by atoms with Crippen LogP contribution in [0.15, 0.2) is 42.5 Å². The predicted molar refractivity (Wildman–Crippen MR) is 118 cm³/mol. The van der Waals surface area contributed by atoms with Gasteiger partial charge in [0.15, 0.2) is 11.5 Å². The number of ether oxygens (including phenoxy) is 3. The van der Waals surface area contributed by atoms with Crippen molar-refractivity contribution in [3.8, 4) is 17.2 Å². The van der Waals surface area contributed by atoms with Crippen molar-refractivity contribution < 1.29 is 19.0 Å². The third kappa shape index (κ3) is 7.35. The van der Waals surface area contributed by atoms with Crippen LogP contribution >= 0.6 is 11.6 Å². The first-order valence-electron chi connectivity index (χ1n) is 9.70. The number of amides is 1. The minimum Gasteiger partial charge on any atom is -0.495 e. The number of hydrogen-bond acceptors (Lipinski definition) is 4. The Morgan fingerprint density at radius 1 is 1.00 bits per heavy atom. The molecule has 0 aliphatic rings. The first kappa shape index (κ1) is 22.6. The highest BCUT2D eigenvalue weighted by molar-refractivity contribution is 6.31. The molecule has 0 aromatic heterocycles. The van der Waals surface area contributed by atoms with Gasteiger partial charge in [0.25, 0.3) is 0 Å². The summed E-state index contributed by atoms with van der Waals surface area (Å²) in [6.45, 7) is 2.84. The van der Waals surface area contributed by atoms with Crippen molar-refractivity contribution in [1.29, 1.82) is 0 Å². The number of halogens is 1. The van der Waals surface area contributed by atoms with Gasteiger partial charge in [-0.2, -0.15) is 0 Å². The number of unbranched alkanes of at least 4 members (excludes halogenated alkanes) is 3. The Hall–Kier alpha value is -2.66. The zero-order valence-corrected chi connectivity index (χ0v) is 17.9. The molecule has 2 rings (SSSR count). The van der Waals surface area contributed by atoms with E-state index in [0.717, 1.165) is 18.4 Å². The van der Waals surface area contributed by atoms with E-state index in [1.54, 1.807) is 31.4 Å². The Morgan fingerprint density at radius 2 is 1.76 bits per heavy atom. The fraction of sp³-hybridized carbons (Fsp3) is 0.348. The van der Waals surface area contributed by atoms with E-state index >= 15 is 0 Å². The van der Waals surface area contributed by atoms with E-state index < -0.39 is 0 Å². The molecule has 0 saturated carbocycles. The Balaban J connectivity index is 1.99. The molecule has 1 N–H and O–H groups in total. The predicted octanol–water partition coefficient (Wildman–Crippen LogP) is 5.97. The minimum atomic E-state index is -0.291. The average Bonchev–Trinajstić information content (AvgIpc) is 2.72. The second-order valence-corrected chi connectivity index (χ2v) is 6.92. The minimum absolute atomic E-state index is 0.291. The van der Waals surface area contributed by atoms with Crippen LogP contribution in [-0.2, 0) is 4.79 Å². The van der Waals surface area contributed by atoms with Crippen LogP contribution in [-0.4, -0.2) is 26.7 Å². The van der Waals surface area contributed by atoms with Crippen molar-refractivity contribution in [2.24, 2.45) is 0 Å². The van der Waals surface area contributed by atoms with Gasteiger partial charge in [0, 0.05) is 11.1 Å². The van der Waals surface area contributed by atoms with E-state index in [1.807, 2.05) is 18.2 Å². The lowest BCUT2D eigenvalue weighted by Crippen LogP contribution is -2.08. The molecule has 1 amide bonds. The number of nitrogens with one attached hydrogen (secondary N) is 1. The van der Waals surface area contributed by atoms with Gasteiger partial charge in [-0.05, 0) is 48.4 Å². The summed E-state index contributed by atoms with van der Waals surface area (Å²) in [6.07, 6.45) is 7.74. The molecule has 0 saturated heterocycles. The molecule has 0 unspecified atom stereocenters. The van der Waals surface area contributed by atoms with Crippen molar-refractivity contribution in [2.45, 2.75) is 32.6 Å². The molecule has 5 nitrogen and oxygen atoms in total. The summed E-state index contributed by atoms with van der Waals surface area (Å²) in [5, 5.41) is 3.28. The molecular weight excluding hydrogens is 390 g/mol. The molecule has 29 heavy (non-hydrogen) atoms. The van der Waals surface area contributed by atoms with Crippen LogP contribution in [0.2, 0.25) is 5.02 Å². The van der Waals surface area contributed by atoms with Gasteiger partial charge >= 0.3 is 0 Å². The number of carbonyl (C=O) groups excluding carboxylic acids is 1. The van der Waals surface area contributed by atoms with Crippen LogP contribution in [0.25, 0.3) is 6.08 Å². The quantitative estimate of drug-likeness (QED) is 0.361. The first-order valence-corrected chi connectivity index (χ1v) is 10.1. The van der Waals surface area contributed by atoms with E-state index in [4.69, 9.17) is 25.8 Å². The second kappa shape index (κ2) is 12.0. The maximum Gasteiger partial charge on any atom is 0.248 e. The van der Waals surface area contributed by atoms with Gasteiger partial charge in [0.1, 0.15) is 5.75 Å². The fourth-order valence-electron chi connectivity index (χ4n) is 2.74. The SMILES string of the molecule is CCCCCCOc1ccc(/C=C/C(=O)Nc2cc(Cl)ccc2OC)cc1OC. The van der Waals surface area contributed by atoms with Crippen LogP contribution in [0, 0.1) is 0 Å². The van der Waals surface area contributed by atoms with Crippen molar-refractivity contribution in [2.75, 3.05) is 26.1 Å². The van der Waals surface area contributed by atoms with Gasteiger partial charge < -0.3 is 19.5 Å². The van der Waals surface area contributed by atoms with Crippen LogP contribution in [0.3, 0.4) is 0 Å². The number of carbonyl (C=O) groups is 1. The summed E-state index contributed by atoms with van der Waals surface area (Å²) in [4.78, 5) is 12.3. The van der Waals surface area contributed by atoms with Gasteiger partial charge in [0.2, 0.25) is 5.91 Å². The third-order valence-corrected chi connectivity index (χ3v) is 4.52. The molecule has 2 aromatic rings. The Bertz CT molecular complexity index is 836. The molecular formula is C23H28ClNO4. The molecule has 0 radical (unpaired) electrons. The molecule has 6 heteroatoms. The zero-order valence-electron chi connectivity index (χ0n) is 17.2. The van der Waals surface area contributed by atoms with Gasteiger partial charge in [-0.15, -0.1) is 0 Å². The molecule has 2 aromatic carbocycles. The van der Waals surface area contributed by atoms with Crippen LogP contribution in [0.5, 0.6) is 17.2 Å². The van der Waals surface area contributed by atoms with Crippen LogP contribution < -0.4 is 19.5 Å². The molecule has 0 bridgehead atoms. The highest BCUT2D eigenvalue weighted by Crippen LogP contribution is 2.29. The van der Waals surface area contributed by atoms with E-state index in [1.165, 1.54) is 26.0 Å². The highest BCUT2D eigenvalue weighted by atomic mass is 35.5. The lowest BCUT2D eigenvalue weighted by molar-refractivity contribution is -0.111. The number of methoxy groups -OCH3 is 2. The Kier molecular flexibility index (Phi) is 9.38. The number of hydrogen-bond donors (Lipinski definition) is 1. The topological polar surface area (TPSA) is 56.8 Å². The summed E-state index contributed by atoms with van der Waals surface area (Å²) in [5.74, 6) is 1.59. The lowest BCUT2D eigenvalue weighted by Gasteiger charge is -2.11. The van der Waals surface area contributed by atoms with E-state index in [2.05, 4.69) is 12.2 Å². The van der Waals surface area contributed by atoms with Gasteiger partial charge in [0.05, 0.1) is 26.5 Å². The van der Waals surface area contributed by atoms with Crippen LogP contribution in [0.1, 0.15) is 38.2 Å². The molecule has 0 atom stereocenters. The number of anilines is 1. The summed E-state index contributed by atoms with van der Waals surface area (Å²) in [6, 6.07) is 10.6. The third-order valence-electron chi connectivity index (χ3n) is 4.29. The fourth-order valence-corrected chi connectivity index (χ4v) is 2.91. The normalized spacial score (nSPS) is 10.8. The van der Waals surface area contributed by atoms with Gasteiger partial charge in [-0.25, -0.2) is 0 Å². The average molecular weight is 418 g/mol. The lowest BCUT2D eigenvalue weighted by atomic mass is 10.2.